The zero-order valence-electron chi connectivity index (χ0n) is 11.2. The minimum atomic E-state index is -0.549. The van der Waals surface area contributed by atoms with Gasteiger partial charge >= 0.3 is 0 Å². The fourth-order valence-electron chi connectivity index (χ4n) is 1.82. The van der Waals surface area contributed by atoms with Crippen LogP contribution in [0.15, 0.2) is 17.6 Å². The average molecular weight is 272 g/mol. The molecule has 8 nitrogen and oxygen atoms in total. The molecule has 1 aliphatic rings. The lowest BCUT2D eigenvalue weighted by Gasteiger charge is -2.26. The SMILES string of the molecule is CCC(CCOCN1C=CN(C)C1/C=N\O)[N+](=O)[O-]. The molecule has 2 atom stereocenters. The first-order valence-electron chi connectivity index (χ1n) is 6.15. The molecule has 2 unspecified atom stereocenters. The van der Waals surface area contributed by atoms with Gasteiger partial charge in [-0.25, -0.2) is 0 Å². The van der Waals surface area contributed by atoms with Gasteiger partial charge in [-0.15, -0.1) is 0 Å². The maximum absolute atomic E-state index is 10.6. The number of oxime groups is 1. The monoisotopic (exact) mass is 272 g/mol. The third kappa shape index (κ3) is 4.40. The Morgan fingerprint density at radius 1 is 1.63 bits per heavy atom. The molecule has 0 bridgehead atoms. The molecule has 1 N–H and O–H groups in total. The van der Waals surface area contributed by atoms with Crippen molar-refractivity contribution in [2.45, 2.75) is 32.0 Å². The molecular weight excluding hydrogens is 252 g/mol. The van der Waals surface area contributed by atoms with Gasteiger partial charge in [-0.05, 0) is 0 Å². The Bertz CT molecular complexity index is 348. The number of rotatable bonds is 8. The van der Waals surface area contributed by atoms with E-state index in [1.165, 1.54) is 6.21 Å². The van der Waals surface area contributed by atoms with E-state index in [-0.39, 0.29) is 11.1 Å². The zero-order valence-corrected chi connectivity index (χ0v) is 11.2. The number of nitro groups is 1. The largest absolute Gasteiger partial charge is 0.411 e. The summed E-state index contributed by atoms with van der Waals surface area (Å²) in [6.45, 7) is 2.42. The Hall–Kier alpha value is -1.83. The molecule has 0 amide bonds. The lowest BCUT2D eigenvalue weighted by molar-refractivity contribution is -0.524. The predicted molar refractivity (Wildman–Crippen MR) is 69.3 cm³/mol. The minimum absolute atomic E-state index is 0.192. The van der Waals surface area contributed by atoms with Crippen molar-refractivity contribution in [3.8, 4) is 0 Å². The van der Waals surface area contributed by atoms with E-state index < -0.39 is 6.04 Å². The van der Waals surface area contributed by atoms with Crippen LogP contribution in [-0.2, 0) is 4.74 Å². The van der Waals surface area contributed by atoms with Crippen molar-refractivity contribution in [3.63, 3.8) is 0 Å². The maximum atomic E-state index is 10.6. The first-order valence-corrected chi connectivity index (χ1v) is 6.15. The van der Waals surface area contributed by atoms with Gasteiger partial charge in [-0.1, -0.05) is 12.1 Å². The third-order valence-electron chi connectivity index (χ3n) is 3.06. The van der Waals surface area contributed by atoms with Crippen LogP contribution in [0, 0.1) is 10.1 Å². The van der Waals surface area contributed by atoms with E-state index in [2.05, 4.69) is 5.16 Å². The molecule has 0 saturated heterocycles. The Morgan fingerprint density at radius 3 is 2.95 bits per heavy atom. The number of ether oxygens (including phenoxy) is 1. The molecule has 19 heavy (non-hydrogen) atoms. The molecule has 0 aromatic heterocycles. The second-order valence-electron chi connectivity index (χ2n) is 4.33. The van der Waals surface area contributed by atoms with Gasteiger partial charge < -0.3 is 19.7 Å². The summed E-state index contributed by atoms with van der Waals surface area (Å²) in [5.74, 6) is 0. The fraction of sp³-hybridized carbons (Fsp3) is 0.727. The molecule has 0 aliphatic carbocycles. The van der Waals surface area contributed by atoms with Crippen molar-refractivity contribution in [3.05, 3.63) is 22.5 Å². The molecular formula is C11H20N4O4. The Morgan fingerprint density at radius 2 is 2.37 bits per heavy atom. The van der Waals surface area contributed by atoms with Gasteiger partial charge in [0.15, 0.2) is 0 Å². The number of hydrogen-bond donors (Lipinski definition) is 1. The highest BCUT2D eigenvalue weighted by Gasteiger charge is 2.22. The highest BCUT2D eigenvalue weighted by Crippen LogP contribution is 2.12. The highest BCUT2D eigenvalue weighted by molar-refractivity contribution is 5.64. The van der Waals surface area contributed by atoms with E-state index in [0.29, 0.717) is 26.2 Å². The molecule has 108 valence electrons. The molecule has 1 rings (SSSR count). The van der Waals surface area contributed by atoms with Gasteiger partial charge in [0.05, 0.1) is 12.8 Å². The van der Waals surface area contributed by atoms with Crippen LogP contribution < -0.4 is 0 Å². The number of hydrogen-bond acceptors (Lipinski definition) is 7. The van der Waals surface area contributed by atoms with Crippen LogP contribution in [0.25, 0.3) is 0 Å². The Labute approximate surface area is 112 Å². The second-order valence-corrected chi connectivity index (χ2v) is 4.33. The van der Waals surface area contributed by atoms with Crippen LogP contribution in [0.3, 0.4) is 0 Å². The van der Waals surface area contributed by atoms with E-state index in [9.17, 15) is 10.1 Å². The van der Waals surface area contributed by atoms with E-state index >= 15 is 0 Å². The van der Waals surface area contributed by atoms with Gasteiger partial charge in [-0.2, -0.15) is 0 Å². The normalized spacial score (nSPS) is 20.4. The van der Waals surface area contributed by atoms with E-state index in [4.69, 9.17) is 9.94 Å². The number of nitrogens with zero attached hydrogens (tertiary/aromatic N) is 4. The first kappa shape index (κ1) is 15.2. The van der Waals surface area contributed by atoms with Crippen LogP contribution >= 0.6 is 0 Å². The summed E-state index contributed by atoms with van der Waals surface area (Å²) in [5, 5.41) is 22.2. The highest BCUT2D eigenvalue weighted by atomic mass is 16.6. The summed E-state index contributed by atoms with van der Waals surface area (Å²) in [6.07, 6.45) is 5.74. The summed E-state index contributed by atoms with van der Waals surface area (Å²) in [5.41, 5.74) is 0. The van der Waals surface area contributed by atoms with Crippen molar-refractivity contribution >= 4 is 6.21 Å². The molecule has 0 radical (unpaired) electrons. The minimum Gasteiger partial charge on any atom is -0.411 e. The molecule has 0 saturated carbocycles. The second kappa shape index (κ2) is 7.57. The lowest BCUT2D eigenvalue weighted by Crippen LogP contribution is -2.39. The van der Waals surface area contributed by atoms with E-state index in [1.54, 1.807) is 6.92 Å². The fourth-order valence-corrected chi connectivity index (χ4v) is 1.82. The van der Waals surface area contributed by atoms with Crippen LogP contribution in [0.2, 0.25) is 0 Å². The maximum Gasteiger partial charge on any atom is 0.215 e. The molecule has 0 fully saturated rings. The summed E-state index contributed by atoms with van der Waals surface area (Å²) in [4.78, 5) is 14.1. The summed E-state index contributed by atoms with van der Waals surface area (Å²) in [7, 11) is 1.85. The van der Waals surface area contributed by atoms with Gasteiger partial charge in [0.2, 0.25) is 6.04 Å². The van der Waals surface area contributed by atoms with Gasteiger partial charge in [0.1, 0.15) is 12.9 Å². The van der Waals surface area contributed by atoms with Crippen molar-refractivity contribution in [1.82, 2.24) is 9.80 Å². The topological polar surface area (TPSA) is 91.4 Å². The smallest absolute Gasteiger partial charge is 0.215 e. The van der Waals surface area contributed by atoms with Gasteiger partial charge in [0, 0.05) is 37.2 Å². The van der Waals surface area contributed by atoms with Gasteiger partial charge in [0.25, 0.3) is 0 Å². The van der Waals surface area contributed by atoms with Gasteiger partial charge in [-0.3, -0.25) is 10.1 Å². The lowest BCUT2D eigenvalue weighted by atomic mass is 10.2. The summed E-state index contributed by atoms with van der Waals surface area (Å²) in [6, 6.07) is -0.549. The van der Waals surface area contributed by atoms with Crippen molar-refractivity contribution < 1.29 is 14.9 Å². The average Bonchev–Trinajstić information content (AvgIpc) is 2.71. The van der Waals surface area contributed by atoms with Crippen molar-refractivity contribution in [2.24, 2.45) is 5.16 Å². The van der Waals surface area contributed by atoms with E-state index in [1.807, 2.05) is 29.2 Å². The zero-order chi connectivity index (χ0) is 14.3. The van der Waals surface area contributed by atoms with Crippen LogP contribution in [0.4, 0.5) is 0 Å². The van der Waals surface area contributed by atoms with Crippen LogP contribution in [-0.4, -0.2) is 58.7 Å². The quantitative estimate of drug-likeness (QED) is 0.232. The Balaban J connectivity index is 2.29. The third-order valence-corrected chi connectivity index (χ3v) is 3.06. The van der Waals surface area contributed by atoms with Crippen molar-refractivity contribution in [2.75, 3.05) is 20.4 Å². The summed E-state index contributed by atoms with van der Waals surface area (Å²) >= 11 is 0. The molecule has 1 aliphatic heterocycles. The van der Waals surface area contributed by atoms with E-state index in [0.717, 1.165) is 0 Å². The molecule has 8 heteroatoms. The molecule has 1 heterocycles. The standard InChI is InChI=1S/C11H20N4O4/c1-3-10(15(17)18)4-7-19-9-14-6-5-13(2)11(14)8-12-16/h5-6,8,10-11,16H,3-4,7,9H2,1-2H3/b12-8-. The Kier molecular flexibility index (Phi) is 6.07. The van der Waals surface area contributed by atoms with Crippen LogP contribution in [0.5, 0.6) is 0 Å². The van der Waals surface area contributed by atoms with Crippen LogP contribution in [0.1, 0.15) is 19.8 Å². The summed E-state index contributed by atoms with van der Waals surface area (Å²) < 4.78 is 5.43. The molecule has 0 aromatic rings. The van der Waals surface area contributed by atoms with Crippen molar-refractivity contribution in [1.29, 1.82) is 0 Å². The molecule has 0 spiro atoms. The predicted octanol–water partition coefficient (Wildman–Crippen LogP) is 0.911. The molecule has 0 aromatic carbocycles. The first-order chi connectivity index (χ1) is 9.10.